The van der Waals surface area contributed by atoms with Gasteiger partial charge in [0.1, 0.15) is 17.0 Å². The van der Waals surface area contributed by atoms with Crippen LogP contribution in [0.4, 0.5) is 0 Å². The van der Waals surface area contributed by atoms with Gasteiger partial charge in [0.05, 0.1) is 20.3 Å². The van der Waals surface area contributed by atoms with Crippen LogP contribution in [-0.2, 0) is 9.53 Å². The number of hydrogen-bond acceptors (Lipinski definition) is 5. The second-order valence-corrected chi connectivity index (χ2v) is 4.77. The zero-order chi connectivity index (χ0) is 15.0. The lowest BCUT2D eigenvalue weighted by atomic mass is 9.98. The minimum absolute atomic E-state index is 0.339. The van der Waals surface area contributed by atoms with E-state index in [1.165, 1.54) is 0 Å². The Balaban J connectivity index is 2.35. The summed E-state index contributed by atoms with van der Waals surface area (Å²) >= 11 is 0. The normalized spacial score (nSPS) is 13.4. The van der Waals surface area contributed by atoms with Crippen LogP contribution in [0, 0.1) is 0 Å². The molecule has 0 radical (unpaired) electrons. The van der Waals surface area contributed by atoms with Crippen molar-refractivity contribution >= 4 is 5.97 Å². The zero-order valence-electron chi connectivity index (χ0n) is 12.3. The summed E-state index contributed by atoms with van der Waals surface area (Å²) < 4.78 is 15.6. The van der Waals surface area contributed by atoms with Gasteiger partial charge in [0.25, 0.3) is 0 Å². The lowest BCUT2D eigenvalue weighted by Gasteiger charge is -2.22. The molecule has 0 bridgehead atoms. The summed E-state index contributed by atoms with van der Waals surface area (Å²) in [6.07, 6.45) is 1.18. The topological polar surface area (TPSA) is 70.8 Å². The first kappa shape index (κ1) is 16.3. The number of benzene rings is 1. The van der Waals surface area contributed by atoms with E-state index in [2.05, 4.69) is 0 Å². The molecule has 0 spiro atoms. The van der Waals surface area contributed by atoms with Crippen molar-refractivity contribution in [2.75, 3.05) is 20.3 Å². The monoisotopic (exact) mass is 281 g/mol. The number of methoxy groups -OCH3 is 1. The third kappa shape index (κ3) is 5.09. The number of hydrogen-bond donors (Lipinski definition) is 1. The third-order valence-electron chi connectivity index (χ3n) is 2.89. The van der Waals surface area contributed by atoms with Crippen molar-refractivity contribution in [1.29, 1.82) is 0 Å². The molecule has 0 aliphatic carbocycles. The van der Waals surface area contributed by atoms with E-state index in [4.69, 9.17) is 19.9 Å². The maximum Gasteiger partial charge on any atom is 0.325 e. The van der Waals surface area contributed by atoms with Crippen LogP contribution >= 0.6 is 0 Å². The number of nitrogens with two attached hydrogens (primary N) is 1. The number of esters is 1. The van der Waals surface area contributed by atoms with E-state index < -0.39 is 5.54 Å². The molecule has 0 amide bonds. The predicted octanol–water partition coefficient (Wildman–Crippen LogP) is 2.13. The number of ether oxygens (including phenoxy) is 3. The first-order chi connectivity index (χ1) is 9.49. The Labute approximate surface area is 120 Å². The van der Waals surface area contributed by atoms with Gasteiger partial charge in [0, 0.05) is 6.07 Å². The zero-order valence-corrected chi connectivity index (χ0v) is 12.3. The van der Waals surface area contributed by atoms with E-state index in [9.17, 15) is 4.79 Å². The number of rotatable bonds is 8. The molecule has 0 saturated heterocycles. The molecule has 0 heterocycles. The quantitative estimate of drug-likeness (QED) is 0.584. The standard InChI is InChI=1S/C15H23NO4/c1-4-19-14(17)15(2,16)9-6-10-20-13-8-5-7-12(11-13)18-3/h5,7-8,11H,4,6,9-10,16H2,1-3H3. The van der Waals surface area contributed by atoms with Crippen molar-refractivity contribution < 1.29 is 19.0 Å². The summed E-state index contributed by atoms with van der Waals surface area (Å²) in [6.45, 7) is 4.27. The Morgan fingerprint density at radius 2 is 2.05 bits per heavy atom. The van der Waals surface area contributed by atoms with E-state index in [1.807, 2.05) is 24.3 Å². The molecule has 0 saturated carbocycles. The van der Waals surface area contributed by atoms with Crippen molar-refractivity contribution in [3.05, 3.63) is 24.3 Å². The van der Waals surface area contributed by atoms with Gasteiger partial charge in [0.2, 0.25) is 0 Å². The molecule has 1 atom stereocenters. The highest BCUT2D eigenvalue weighted by molar-refractivity contribution is 5.79. The van der Waals surface area contributed by atoms with Gasteiger partial charge in [-0.25, -0.2) is 0 Å². The molecular formula is C15H23NO4. The second kappa shape index (κ2) is 7.75. The largest absolute Gasteiger partial charge is 0.497 e. The van der Waals surface area contributed by atoms with Crippen molar-refractivity contribution in [3.8, 4) is 11.5 Å². The average Bonchev–Trinajstić information content (AvgIpc) is 2.44. The van der Waals surface area contributed by atoms with Gasteiger partial charge < -0.3 is 19.9 Å². The molecule has 1 unspecified atom stereocenters. The summed E-state index contributed by atoms with van der Waals surface area (Å²) in [4.78, 5) is 11.6. The molecule has 0 aromatic heterocycles. The lowest BCUT2D eigenvalue weighted by Crippen LogP contribution is -2.46. The maximum absolute atomic E-state index is 11.6. The van der Waals surface area contributed by atoms with E-state index in [0.717, 1.165) is 11.5 Å². The van der Waals surface area contributed by atoms with Crippen LogP contribution in [0.3, 0.4) is 0 Å². The molecule has 0 aliphatic rings. The average molecular weight is 281 g/mol. The third-order valence-corrected chi connectivity index (χ3v) is 2.89. The van der Waals surface area contributed by atoms with Gasteiger partial charge in [-0.05, 0) is 38.8 Å². The summed E-state index contributed by atoms with van der Waals surface area (Å²) in [5.74, 6) is 1.11. The van der Waals surface area contributed by atoms with Gasteiger partial charge in [-0.1, -0.05) is 6.07 Å². The van der Waals surface area contributed by atoms with Gasteiger partial charge in [0.15, 0.2) is 0 Å². The fraction of sp³-hybridized carbons (Fsp3) is 0.533. The Morgan fingerprint density at radius 3 is 2.70 bits per heavy atom. The van der Waals surface area contributed by atoms with E-state index in [0.29, 0.717) is 26.1 Å². The van der Waals surface area contributed by atoms with Crippen LogP contribution in [-0.4, -0.2) is 31.8 Å². The van der Waals surface area contributed by atoms with Gasteiger partial charge in [-0.3, -0.25) is 4.79 Å². The molecule has 0 aliphatic heterocycles. The van der Waals surface area contributed by atoms with Gasteiger partial charge in [-0.2, -0.15) is 0 Å². The van der Waals surface area contributed by atoms with Crippen LogP contribution in [0.25, 0.3) is 0 Å². The van der Waals surface area contributed by atoms with Crippen LogP contribution in [0.15, 0.2) is 24.3 Å². The Morgan fingerprint density at radius 1 is 1.35 bits per heavy atom. The number of carbonyl (C=O) groups is 1. The Bertz CT molecular complexity index is 432. The van der Waals surface area contributed by atoms with E-state index in [1.54, 1.807) is 21.0 Å². The van der Waals surface area contributed by atoms with E-state index >= 15 is 0 Å². The molecule has 0 fully saturated rings. The molecule has 1 rings (SSSR count). The highest BCUT2D eigenvalue weighted by Gasteiger charge is 2.29. The molecule has 5 heteroatoms. The fourth-order valence-electron chi connectivity index (χ4n) is 1.72. The van der Waals surface area contributed by atoms with Crippen LogP contribution in [0.1, 0.15) is 26.7 Å². The maximum atomic E-state index is 11.6. The fourth-order valence-corrected chi connectivity index (χ4v) is 1.72. The minimum atomic E-state index is -0.965. The summed E-state index contributed by atoms with van der Waals surface area (Å²) in [5, 5.41) is 0. The van der Waals surface area contributed by atoms with Crippen LogP contribution < -0.4 is 15.2 Å². The highest BCUT2D eigenvalue weighted by Crippen LogP contribution is 2.19. The van der Waals surface area contributed by atoms with Crippen molar-refractivity contribution in [2.45, 2.75) is 32.2 Å². The summed E-state index contributed by atoms with van der Waals surface area (Å²) in [7, 11) is 1.61. The molecule has 1 aromatic rings. The predicted molar refractivity (Wildman–Crippen MR) is 76.9 cm³/mol. The second-order valence-electron chi connectivity index (χ2n) is 4.77. The molecule has 2 N–H and O–H groups in total. The molecule has 20 heavy (non-hydrogen) atoms. The van der Waals surface area contributed by atoms with Crippen LogP contribution in [0.5, 0.6) is 11.5 Å². The smallest absolute Gasteiger partial charge is 0.325 e. The van der Waals surface area contributed by atoms with Crippen molar-refractivity contribution in [1.82, 2.24) is 0 Å². The SMILES string of the molecule is CCOC(=O)C(C)(N)CCCOc1cccc(OC)c1. The molecule has 5 nitrogen and oxygen atoms in total. The van der Waals surface area contributed by atoms with Crippen LogP contribution in [0.2, 0.25) is 0 Å². The molecule has 1 aromatic carbocycles. The summed E-state index contributed by atoms with van der Waals surface area (Å²) in [6, 6.07) is 7.38. The first-order valence-corrected chi connectivity index (χ1v) is 6.72. The molecule has 112 valence electrons. The lowest BCUT2D eigenvalue weighted by molar-refractivity contribution is -0.149. The van der Waals surface area contributed by atoms with Crippen molar-refractivity contribution in [3.63, 3.8) is 0 Å². The Kier molecular flexibility index (Phi) is 6.31. The summed E-state index contributed by atoms with van der Waals surface area (Å²) in [5.41, 5.74) is 4.96. The molecular weight excluding hydrogens is 258 g/mol. The van der Waals surface area contributed by atoms with E-state index in [-0.39, 0.29) is 5.97 Å². The van der Waals surface area contributed by atoms with Gasteiger partial charge >= 0.3 is 5.97 Å². The van der Waals surface area contributed by atoms with Gasteiger partial charge in [-0.15, -0.1) is 0 Å². The first-order valence-electron chi connectivity index (χ1n) is 6.72. The van der Waals surface area contributed by atoms with Crippen molar-refractivity contribution in [2.24, 2.45) is 5.73 Å². The highest BCUT2D eigenvalue weighted by atomic mass is 16.5. The number of carbonyl (C=O) groups excluding carboxylic acids is 1. The Hall–Kier alpha value is -1.75. The minimum Gasteiger partial charge on any atom is -0.497 e.